The van der Waals surface area contributed by atoms with Crippen LogP contribution in [0.4, 0.5) is 5.69 Å². The molecule has 1 atom stereocenters. The molecule has 1 aromatic rings. The van der Waals surface area contributed by atoms with Gasteiger partial charge in [0.15, 0.2) is 0 Å². The Labute approximate surface area is 106 Å². The molecule has 3 nitrogen and oxygen atoms in total. The second-order valence-corrected chi connectivity index (χ2v) is 5.21. The highest BCUT2D eigenvalue weighted by atomic mass is 79.9. The van der Waals surface area contributed by atoms with Gasteiger partial charge < -0.3 is 5.32 Å². The zero-order chi connectivity index (χ0) is 11.4. The first-order chi connectivity index (χ1) is 7.02. The molecule has 1 aromatic heterocycles. The summed E-state index contributed by atoms with van der Waals surface area (Å²) in [5.41, 5.74) is 0.688. The summed E-state index contributed by atoms with van der Waals surface area (Å²) in [4.78, 5) is 15.5. The Kier molecular flexibility index (Phi) is 4.73. The molecule has 0 fully saturated rings. The topological polar surface area (TPSA) is 42.0 Å². The Hall–Kier alpha value is -0.420. The lowest BCUT2D eigenvalue weighted by atomic mass is 10.1. The van der Waals surface area contributed by atoms with Gasteiger partial charge in [0.05, 0.1) is 10.5 Å². The van der Waals surface area contributed by atoms with Crippen LogP contribution in [-0.2, 0) is 4.79 Å². The molecule has 0 aromatic carbocycles. The van der Waals surface area contributed by atoms with E-state index in [1.165, 1.54) is 0 Å². The monoisotopic (exact) mass is 334 g/mol. The Bertz CT molecular complexity index is 355. The van der Waals surface area contributed by atoms with Crippen molar-refractivity contribution in [3.05, 3.63) is 22.9 Å². The summed E-state index contributed by atoms with van der Waals surface area (Å²) in [6.07, 6.45) is 1.66. The summed E-state index contributed by atoms with van der Waals surface area (Å²) in [5, 5.41) is 2.80. The number of anilines is 1. The summed E-state index contributed by atoms with van der Waals surface area (Å²) in [6.45, 7) is 3.97. The lowest BCUT2D eigenvalue weighted by molar-refractivity contribution is -0.116. The van der Waals surface area contributed by atoms with Crippen LogP contribution in [0.5, 0.6) is 0 Å². The number of hydrogen-bond donors (Lipinski definition) is 1. The van der Waals surface area contributed by atoms with Gasteiger partial charge in [-0.1, -0.05) is 29.8 Å². The van der Waals surface area contributed by atoms with Gasteiger partial charge in [-0.3, -0.25) is 4.79 Å². The predicted octanol–water partition coefficient (Wildman–Crippen LogP) is 3.20. The lowest BCUT2D eigenvalue weighted by Crippen LogP contribution is -2.27. The van der Waals surface area contributed by atoms with Crippen LogP contribution in [0.1, 0.15) is 13.8 Å². The summed E-state index contributed by atoms with van der Waals surface area (Å²) in [5.74, 6) is 0.194. The van der Waals surface area contributed by atoms with Gasteiger partial charge in [-0.15, -0.1) is 0 Å². The smallest absolute Gasteiger partial charge is 0.238 e. The van der Waals surface area contributed by atoms with Crippen LogP contribution >= 0.6 is 31.9 Å². The van der Waals surface area contributed by atoms with E-state index in [2.05, 4.69) is 42.2 Å². The van der Waals surface area contributed by atoms with E-state index in [0.717, 1.165) is 0 Å². The molecule has 1 N–H and O–H groups in total. The van der Waals surface area contributed by atoms with E-state index in [0.29, 0.717) is 10.3 Å². The van der Waals surface area contributed by atoms with Crippen molar-refractivity contribution in [1.82, 2.24) is 4.98 Å². The van der Waals surface area contributed by atoms with E-state index in [-0.39, 0.29) is 16.7 Å². The standard InChI is InChI=1S/C10H12Br2N2O/c1-6(2)8(11)10(15)14-7-4-3-5-13-9(7)12/h3-6,8H,1-2H3,(H,14,15). The number of carbonyl (C=O) groups excluding carboxylic acids is 1. The molecule has 0 aliphatic heterocycles. The number of nitrogens with one attached hydrogen (secondary N) is 1. The maximum Gasteiger partial charge on any atom is 0.238 e. The number of halogens is 2. The van der Waals surface area contributed by atoms with E-state index in [4.69, 9.17) is 0 Å². The molecule has 0 radical (unpaired) electrons. The fraction of sp³-hybridized carbons (Fsp3) is 0.400. The largest absolute Gasteiger partial charge is 0.323 e. The fourth-order valence-electron chi connectivity index (χ4n) is 0.984. The summed E-state index contributed by atoms with van der Waals surface area (Å²) in [6, 6.07) is 3.58. The van der Waals surface area contributed by atoms with Gasteiger partial charge in [0.2, 0.25) is 5.91 Å². The quantitative estimate of drug-likeness (QED) is 0.680. The second kappa shape index (κ2) is 5.61. The molecule has 5 heteroatoms. The molecule has 82 valence electrons. The minimum absolute atomic E-state index is 0.0568. The molecule has 0 spiro atoms. The first kappa shape index (κ1) is 12.6. The van der Waals surface area contributed by atoms with Gasteiger partial charge in [-0.25, -0.2) is 4.98 Å². The number of rotatable bonds is 3. The summed E-state index contributed by atoms with van der Waals surface area (Å²) >= 11 is 6.61. The van der Waals surface area contributed by atoms with Crippen LogP contribution in [-0.4, -0.2) is 15.7 Å². The molecule has 1 unspecified atom stereocenters. The molecule has 0 aliphatic rings. The first-order valence-electron chi connectivity index (χ1n) is 4.58. The average molecular weight is 336 g/mol. The number of hydrogen-bond acceptors (Lipinski definition) is 2. The summed E-state index contributed by atoms with van der Waals surface area (Å²) in [7, 11) is 0. The van der Waals surface area contributed by atoms with Crippen LogP contribution in [0.3, 0.4) is 0 Å². The minimum Gasteiger partial charge on any atom is -0.323 e. The molecule has 1 amide bonds. The molecule has 0 saturated carbocycles. The van der Waals surface area contributed by atoms with Crippen LogP contribution in [0, 0.1) is 5.92 Å². The Morgan fingerprint density at radius 2 is 2.20 bits per heavy atom. The number of carbonyl (C=O) groups is 1. The van der Waals surface area contributed by atoms with Crippen LogP contribution in [0.2, 0.25) is 0 Å². The van der Waals surface area contributed by atoms with Gasteiger partial charge >= 0.3 is 0 Å². The van der Waals surface area contributed by atoms with Gasteiger partial charge in [-0.2, -0.15) is 0 Å². The molecule has 1 heterocycles. The molecular formula is C10H12Br2N2O. The van der Waals surface area contributed by atoms with Crippen molar-refractivity contribution in [3.8, 4) is 0 Å². The SMILES string of the molecule is CC(C)C(Br)C(=O)Nc1cccnc1Br. The zero-order valence-electron chi connectivity index (χ0n) is 8.50. The van der Waals surface area contributed by atoms with Gasteiger partial charge in [0, 0.05) is 6.20 Å². The minimum atomic E-state index is -0.190. The predicted molar refractivity (Wildman–Crippen MR) is 68.1 cm³/mol. The first-order valence-corrected chi connectivity index (χ1v) is 6.28. The summed E-state index contributed by atoms with van der Waals surface area (Å²) < 4.78 is 0.641. The van der Waals surface area contributed by atoms with E-state index < -0.39 is 0 Å². The van der Waals surface area contributed by atoms with Gasteiger partial charge in [0.25, 0.3) is 0 Å². The number of alkyl halides is 1. The maximum absolute atomic E-state index is 11.7. The van der Waals surface area contributed by atoms with Crippen LogP contribution < -0.4 is 5.32 Å². The molecular weight excluding hydrogens is 324 g/mol. The van der Waals surface area contributed by atoms with Crippen molar-refractivity contribution in [2.45, 2.75) is 18.7 Å². The maximum atomic E-state index is 11.7. The van der Waals surface area contributed by atoms with E-state index in [1.807, 2.05) is 13.8 Å². The van der Waals surface area contributed by atoms with Crippen molar-refractivity contribution in [1.29, 1.82) is 0 Å². The number of aromatic nitrogens is 1. The van der Waals surface area contributed by atoms with Crippen LogP contribution in [0.15, 0.2) is 22.9 Å². The number of nitrogens with zero attached hydrogens (tertiary/aromatic N) is 1. The third-order valence-corrected chi connectivity index (χ3v) is 3.96. The second-order valence-electron chi connectivity index (χ2n) is 3.48. The van der Waals surface area contributed by atoms with E-state index in [1.54, 1.807) is 18.3 Å². The van der Waals surface area contributed by atoms with Crippen molar-refractivity contribution < 1.29 is 4.79 Å². The highest BCUT2D eigenvalue weighted by Gasteiger charge is 2.19. The van der Waals surface area contributed by atoms with E-state index in [9.17, 15) is 4.79 Å². The zero-order valence-corrected chi connectivity index (χ0v) is 11.7. The van der Waals surface area contributed by atoms with Crippen molar-refractivity contribution in [3.63, 3.8) is 0 Å². The lowest BCUT2D eigenvalue weighted by Gasteiger charge is -2.14. The van der Waals surface area contributed by atoms with Gasteiger partial charge in [0.1, 0.15) is 4.60 Å². The van der Waals surface area contributed by atoms with Crippen molar-refractivity contribution in [2.75, 3.05) is 5.32 Å². The Balaban J connectivity index is 2.71. The molecule has 0 saturated heterocycles. The highest BCUT2D eigenvalue weighted by Crippen LogP contribution is 2.20. The number of pyridine rings is 1. The molecule has 1 rings (SSSR count). The fourth-order valence-corrected chi connectivity index (χ4v) is 1.45. The molecule has 0 bridgehead atoms. The van der Waals surface area contributed by atoms with Crippen molar-refractivity contribution in [2.24, 2.45) is 5.92 Å². The van der Waals surface area contributed by atoms with Gasteiger partial charge in [-0.05, 0) is 34.0 Å². The third kappa shape index (κ3) is 3.57. The molecule has 15 heavy (non-hydrogen) atoms. The van der Waals surface area contributed by atoms with Crippen molar-refractivity contribution >= 4 is 43.5 Å². The van der Waals surface area contributed by atoms with Crippen LogP contribution in [0.25, 0.3) is 0 Å². The average Bonchev–Trinajstić information content (AvgIpc) is 2.20. The Morgan fingerprint density at radius 1 is 1.53 bits per heavy atom. The third-order valence-electron chi connectivity index (χ3n) is 1.85. The highest BCUT2D eigenvalue weighted by molar-refractivity contribution is 9.10. The molecule has 0 aliphatic carbocycles. The normalized spacial score (nSPS) is 12.6. The Morgan fingerprint density at radius 3 is 2.73 bits per heavy atom. The number of amides is 1. The van der Waals surface area contributed by atoms with E-state index >= 15 is 0 Å².